The highest BCUT2D eigenvalue weighted by Gasteiger charge is 2.29. The fraction of sp³-hybridized carbons (Fsp3) is 0.583. The Bertz CT molecular complexity index is 432. The van der Waals surface area contributed by atoms with Gasteiger partial charge >= 0.3 is 0 Å². The van der Waals surface area contributed by atoms with Gasteiger partial charge in [0.25, 0.3) is 5.91 Å². The van der Waals surface area contributed by atoms with Gasteiger partial charge < -0.3 is 4.90 Å². The Kier molecular flexibility index (Phi) is 4.01. The van der Waals surface area contributed by atoms with Crippen molar-refractivity contribution >= 4 is 40.4 Å². The Morgan fingerprint density at radius 3 is 2.82 bits per heavy atom. The van der Waals surface area contributed by atoms with Crippen LogP contribution in [-0.4, -0.2) is 29.3 Å². The van der Waals surface area contributed by atoms with E-state index >= 15 is 0 Å². The van der Waals surface area contributed by atoms with E-state index in [1.165, 1.54) is 11.3 Å². The second-order valence-corrected chi connectivity index (χ2v) is 6.41. The molecule has 94 valence electrons. The second kappa shape index (κ2) is 5.17. The average Bonchev–Trinajstić information content (AvgIpc) is 2.63. The van der Waals surface area contributed by atoms with Gasteiger partial charge in [-0.1, -0.05) is 18.5 Å². The van der Waals surface area contributed by atoms with Gasteiger partial charge in [0.15, 0.2) is 0 Å². The molecule has 0 aromatic carbocycles. The Morgan fingerprint density at radius 1 is 1.59 bits per heavy atom. The summed E-state index contributed by atoms with van der Waals surface area (Å²) in [5.74, 6) is 0.387. The number of likely N-dealkylation sites (tertiary alicyclic amines) is 1. The summed E-state index contributed by atoms with van der Waals surface area (Å²) in [5.41, 5.74) is 0.972. The average molecular weight is 292 g/mol. The van der Waals surface area contributed by atoms with Crippen LogP contribution in [0.15, 0.2) is 5.38 Å². The monoisotopic (exact) mass is 291 g/mol. The van der Waals surface area contributed by atoms with Crippen molar-refractivity contribution < 1.29 is 4.79 Å². The number of hydrogen-bond donors (Lipinski definition) is 0. The first-order chi connectivity index (χ1) is 8.00. The van der Waals surface area contributed by atoms with Crippen LogP contribution in [0.5, 0.6) is 0 Å². The van der Waals surface area contributed by atoms with E-state index in [0.29, 0.717) is 15.8 Å². The van der Waals surface area contributed by atoms with Crippen molar-refractivity contribution in [3.8, 4) is 0 Å². The maximum Gasteiger partial charge on any atom is 0.265 e. The van der Waals surface area contributed by atoms with E-state index in [-0.39, 0.29) is 11.3 Å². The first kappa shape index (κ1) is 13.2. The summed E-state index contributed by atoms with van der Waals surface area (Å²) < 4.78 is 0. The Balaban J connectivity index is 2.13. The number of hydrogen-bond acceptors (Lipinski definition) is 2. The van der Waals surface area contributed by atoms with Gasteiger partial charge in [0.2, 0.25) is 0 Å². The van der Waals surface area contributed by atoms with Crippen molar-refractivity contribution in [2.75, 3.05) is 13.1 Å². The van der Waals surface area contributed by atoms with Gasteiger partial charge in [0.1, 0.15) is 4.88 Å². The van der Waals surface area contributed by atoms with Crippen molar-refractivity contribution in [1.29, 1.82) is 0 Å². The zero-order valence-electron chi connectivity index (χ0n) is 9.87. The number of piperidine rings is 1. The molecule has 1 aliphatic rings. The molecule has 5 heteroatoms. The number of nitrogens with zero attached hydrogens (tertiary/aromatic N) is 1. The van der Waals surface area contributed by atoms with Gasteiger partial charge in [-0.3, -0.25) is 4.79 Å². The largest absolute Gasteiger partial charge is 0.338 e. The third-order valence-electron chi connectivity index (χ3n) is 3.18. The van der Waals surface area contributed by atoms with Gasteiger partial charge in [0, 0.05) is 18.5 Å². The molecule has 1 fully saturated rings. The molecule has 1 aliphatic heterocycles. The maximum absolute atomic E-state index is 12.3. The summed E-state index contributed by atoms with van der Waals surface area (Å²) in [6.45, 7) is 5.45. The van der Waals surface area contributed by atoms with E-state index in [1.807, 2.05) is 17.2 Å². The van der Waals surface area contributed by atoms with Gasteiger partial charge in [-0.15, -0.1) is 22.9 Å². The van der Waals surface area contributed by atoms with Crippen LogP contribution < -0.4 is 0 Å². The smallest absolute Gasteiger partial charge is 0.265 e. The number of halogens is 2. The molecule has 2 atom stereocenters. The number of carbonyl (C=O) groups excluding carboxylic acids is 1. The van der Waals surface area contributed by atoms with Crippen molar-refractivity contribution in [3.05, 3.63) is 20.8 Å². The molecular weight excluding hydrogens is 277 g/mol. The Labute approximate surface area is 116 Å². The van der Waals surface area contributed by atoms with Crippen LogP contribution in [0.3, 0.4) is 0 Å². The SMILES string of the molecule is Cc1csc(C(=O)N2CCC(Cl)C(C)C2)c1Cl. The number of thiophene rings is 1. The molecule has 0 radical (unpaired) electrons. The van der Waals surface area contributed by atoms with E-state index in [9.17, 15) is 4.79 Å². The van der Waals surface area contributed by atoms with Gasteiger partial charge in [-0.05, 0) is 30.2 Å². The standard InChI is InChI=1S/C12H15Cl2NOS/c1-7-5-15(4-3-9(7)13)12(16)11-10(14)8(2)6-17-11/h6-7,9H,3-5H2,1-2H3. The highest BCUT2D eigenvalue weighted by molar-refractivity contribution is 7.13. The minimum atomic E-state index is 0.0449. The third-order valence-corrected chi connectivity index (χ3v) is 5.51. The molecule has 2 nitrogen and oxygen atoms in total. The lowest BCUT2D eigenvalue weighted by molar-refractivity contribution is 0.0692. The van der Waals surface area contributed by atoms with Crippen molar-refractivity contribution in [2.45, 2.75) is 25.6 Å². The van der Waals surface area contributed by atoms with E-state index in [0.717, 1.165) is 25.1 Å². The topological polar surface area (TPSA) is 20.3 Å². The van der Waals surface area contributed by atoms with Gasteiger partial charge in [-0.25, -0.2) is 0 Å². The molecule has 1 aromatic heterocycles. The predicted molar refractivity (Wildman–Crippen MR) is 73.4 cm³/mol. The minimum absolute atomic E-state index is 0.0449. The fourth-order valence-electron chi connectivity index (χ4n) is 2.02. The number of alkyl halides is 1. The molecule has 0 N–H and O–H groups in total. The summed E-state index contributed by atoms with van der Waals surface area (Å²) in [6, 6.07) is 0. The summed E-state index contributed by atoms with van der Waals surface area (Å²) in [6.07, 6.45) is 0.858. The first-order valence-corrected chi connectivity index (χ1v) is 7.37. The van der Waals surface area contributed by atoms with Crippen molar-refractivity contribution in [3.63, 3.8) is 0 Å². The number of rotatable bonds is 1. The van der Waals surface area contributed by atoms with Crippen LogP contribution in [0.2, 0.25) is 5.02 Å². The van der Waals surface area contributed by atoms with Crippen LogP contribution in [0.4, 0.5) is 0 Å². The zero-order valence-corrected chi connectivity index (χ0v) is 12.2. The highest BCUT2D eigenvalue weighted by atomic mass is 35.5. The minimum Gasteiger partial charge on any atom is -0.338 e. The van der Waals surface area contributed by atoms with E-state index in [1.54, 1.807) is 0 Å². The number of amides is 1. The molecule has 1 aromatic rings. The molecule has 2 unspecified atom stereocenters. The Morgan fingerprint density at radius 2 is 2.29 bits per heavy atom. The lowest BCUT2D eigenvalue weighted by Gasteiger charge is -2.33. The van der Waals surface area contributed by atoms with Crippen LogP contribution in [0.1, 0.15) is 28.6 Å². The second-order valence-electron chi connectivity index (χ2n) is 4.59. The molecule has 2 rings (SSSR count). The van der Waals surface area contributed by atoms with E-state index in [4.69, 9.17) is 23.2 Å². The van der Waals surface area contributed by atoms with Gasteiger partial charge in [-0.2, -0.15) is 0 Å². The molecule has 0 spiro atoms. The summed E-state index contributed by atoms with van der Waals surface area (Å²) >= 11 is 13.7. The molecule has 2 heterocycles. The summed E-state index contributed by atoms with van der Waals surface area (Å²) in [5, 5.41) is 2.70. The van der Waals surface area contributed by atoms with Gasteiger partial charge in [0.05, 0.1) is 5.02 Å². The number of aryl methyl sites for hydroxylation is 1. The zero-order chi connectivity index (χ0) is 12.6. The maximum atomic E-state index is 12.3. The highest BCUT2D eigenvalue weighted by Crippen LogP contribution is 2.30. The van der Waals surface area contributed by atoms with Crippen LogP contribution in [0, 0.1) is 12.8 Å². The lowest BCUT2D eigenvalue weighted by atomic mass is 9.99. The number of carbonyl (C=O) groups is 1. The van der Waals surface area contributed by atoms with Crippen molar-refractivity contribution in [2.24, 2.45) is 5.92 Å². The third kappa shape index (κ3) is 2.61. The first-order valence-electron chi connectivity index (χ1n) is 5.67. The molecule has 1 saturated heterocycles. The molecule has 0 bridgehead atoms. The molecule has 1 amide bonds. The summed E-state index contributed by atoms with van der Waals surface area (Å²) in [7, 11) is 0. The fourth-order valence-corrected chi connectivity index (χ4v) is 3.44. The molecular formula is C12H15Cl2NOS. The van der Waals surface area contributed by atoms with E-state index in [2.05, 4.69) is 6.92 Å². The summed E-state index contributed by atoms with van der Waals surface area (Å²) in [4.78, 5) is 14.8. The normalized spacial score (nSPS) is 25.1. The van der Waals surface area contributed by atoms with Crippen LogP contribution >= 0.6 is 34.5 Å². The lowest BCUT2D eigenvalue weighted by Crippen LogP contribution is -2.43. The predicted octanol–water partition coefficient (Wildman–Crippen LogP) is 3.80. The van der Waals surface area contributed by atoms with Crippen molar-refractivity contribution in [1.82, 2.24) is 4.90 Å². The Hall–Kier alpha value is -0.250. The van der Waals surface area contributed by atoms with Crippen LogP contribution in [-0.2, 0) is 0 Å². The molecule has 0 aliphatic carbocycles. The van der Waals surface area contributed by atoms with Crippen LogP contribution in [0.25, 0.3) is 0 Å². The quantitative estimate of drug-likeness (QED) is 0.721. The molecule has 0 saturated carbocycles. The molecule has 17 heavy (non-hydrogen) atoms. The van der Waals surface area contributed by atoms with E-state index < -0.39 is 0 Å².